The van der Waals surface area contributed by atoms with Crippen LogP contribution in [0.15, 0.2) is 72.8 Å². The summed E-state index contributed by atoms with van der Waals surface area (Å²) in [4.78, 5) is 41.8. The standard InChI is InChI=1S/C21H12FNO5/c22-14-4-3-5-16(12-14)27-15-10-8-13(9-11-15)21(26)28-23-19(24)17-6-1-2-7-18(17)20(23)25/h1-12H. The molecule has 1 heterocycles. The Morgan fingerprint density at radius 3 is 2.04 bits per heavy atom. The lowest BCUT2D eigenvalue weighted by Crippen LogP contribution is -2.32. The quantitative estimate of drug-likeness (QED) is 0.643. The molecule has 0 aliphatic carbocycles. The van der Waals surface area contributed by atoms with Crippen molar-refractivity contribution in [2.75, 3.05) is 0 Å². The van der Waals surface area contributed by atoms with Crippen LogP contribution in [0.1, 0.15) is 31.1 Å². The SMILES string of the molecule is O=C(ON1C(=O)c2ccccc2C1=O)c1ccc(Oc2cccc(F)c2)cc1. The third-order valence-corrected chi connectivity index (χ3v) is 4.05. The van der Waals surface area contributed by atoms with Crippen LogP contribution in [0.25, 0.3) is 0 Å². The second kappa shape index (κ2) is 6.96. The zero-order chi connectivity index (χ0) is 19.7. The highest BCUT2D eigenvalue weighted by molar-refractivity contribution is 6.21. The second-order valence-electron chi connectivity index (χ2n) is 5.91. The van der Waals surface area contributed by atoms with E-state index in [4.69, 9.17) is 9.57 Å². The Labute approximate surface area is 158 Å². The topological polar surface area (TPSA) is 72.9 Å². The maximum Gasteiger partial charge on any atom is 0.363 e. The fourth-order valence-corrected chi connectivity index (χ4v) is 2.71. The molecule has 0 spiro atoms. The second-order valence-corrected chi connectivity index (χ2v) is 5.91. The van der Waals surface area contributed by atoms with Crippen LogP contribution in [0.2, 0.25) is 0 Å². The predicted octanol–water partition coefficient (Wildman–Crippen LogP) is 3.99. The molecule has 7 heteroatoms. The van der Waals surface area contributed by atoms with E-state index in [1.807, 2.05) is 0 Å². The highest BCUT2D eigenvalue weighted by atomic mass is 19.1. The summed E-state index contributed by atoms with van der Waals surface area (Å²) < 4.78 is 18.7. The highest BCUT2D eigenvalue weighted by Gasteiger charge is 2.38. The fourth-order valence-electron chi connectivity index (χ4n) is 2.71. The Bertz CT molecular complexity index is 1060. The molecule has 2 amide bonds. The van der Waals surface area contributed by atoms with E-state index in [2.05, 4.69) is 0 Å². The Kier molecular flexibility index (Phi) is 4.33. The fraction of sp³-hybridized carbons (Fsp3) is 0. The number of hydrogen-bond acceptors (Lipinski definition) is 5. The molecule has 4 rings (SSSR count). The zero-order valence-corrected chi connectivity index (χ0v) is 14.3. The number of carbonyl (C=O) groups is 3. The van der Waals surface area contributed by atoms with Gasteiger partial charge in [0.25, 0.3) is 11.8 Å². The lowest BCUT2D eigenvalue weighted by Gasteiger charge is -2.13. The van der Waals surface area contributed by atoms with Crippen molar-refractivity contribution >= 4 is 17.8 Å². The molecule has 138 valence electrons. The summed E-state index contributed by atoms with van der Waals surface area (Å²) in [5.74, 6) is -2.00. The molecular formula is C21H12FNO5. The van der Waals surface area contributed by atoms with Crippen LogP contribution in [-0.4, -0.2) is 22.8 Å². The first-order chi connectivity index (χ1) is 13.5. The number of benzene rings is 3. The van der Waals surface area contributed by atoms with Gasteiger partial charge in [-0.1, -0.05) is 23.3 Å². The van der Waals surface area contributed by atoms with Crippen LogP contribution in [0.5, 0.6) is 11.5 Å². The predicted molar refractivity (Wildman–Crippen MR) is 95.3 cm³/mol. The van der Waals surface area contributed by atoms with Crippen LogP contribution < -0.4 is 4.74 Å². The zero-order valence-electron chi connectivity index (χ0n) is 14.3. The average Bonchev–Trinajstić information content (AvgIpc) is 2.94. The number of hydroxylamine groups is 2. The van der Waals surface area contributed by atoms with E-state index in [0.717, 1.165) is 0 Å². The van der Waals surface area contributed by atoms with Gasteiger partial charge in [0.05, 0.1) is 16.7 Å². The van der Waals surface area contributed by atoms with Crippen molar-refractivity contribution in [2.24, 2.45) is 0 Å². The average molecular weight is 377 g/mol. The van der Waals surface area contributed by atoms with Crippen molar-refractivity contribution in [1.82, 2.24) is 5.06 Å². The van der Waals surface area contributed by atoms with Crippen molar-refractivity contribution in [3.63, 3.8) is 0 Å². The van der Waals surface area contributed by atoms with Gasteiger partial charge < -0.3 is 9.57 Å². The lowest BCUT2D eigenvalue weighted by molar-refractivity contribution is -0.0584. The number of halogens is 1. The first-order valence-corrected chi connectivity index (χ1v) is 8.26. The molecule has 0 fully saturated rings. The molecule has 0 radical (unpaired) electrons. The minimum atomic E-state index is -0.869. The molecule has 3 aromatic rings. The number of fused-ring (bicyclic) bond motifs is 1. The molecular weight excluding hydrogens is 365 g/mol. The molecule has 0 saturated carbocycles. The van der Waals surface area contributed by atoms with Crippen molar-refractivity contribution in [1.29, 1.82) is 0 Å². The molecule has 28 heavy (non-hydrogen) atoms. The first kappa shape index (κ1) is 17.4. The Balaban J connectivity index is 1.46. The van der Waals surface area contributed by atoms with Crippen molar-refractivity contribution in [3.05, 3.63) is 95.3 Å². The van der Waals surface area contributed by atoms with E-state index in [1.165, 1.54) is 54.6 Å². The van der Waals surface area contributed by atoms with Gasteiger partial charge in [-0.05, 0) is 48.5 Å². The molecule has 0 unspecified atom stereocenters. The normalized spacial score (nSPS) is 12.7. The summed E-state index contributed by atoms with van der Waals surface area (Å²) in [7, 11) is 0. The van der Waals surface area contributed by atoms with E-state index < -0.39 is 23.6 Å². The summed E-state index contributed by atoms with van der Waals surface area (Å²) in [6.45, 7) is 0. The van der Waals surface area contributed by atoms with Crippen LogP contribution in [-0.2, 0) is 4.84 Å². The van der Waals surface area contributed by atoms with Crippen LogP contribution in [0, 0.1) is 5.82 Å². The molecule has 0 atom stereocenters. The first-order valence-electron chi connectivity index (χ1n) is 8.26. The number of imide groups is 1. The number of amides is 2. The van der Waals surface area contributed by atoms with E-state index in [0.29, 0.717) is 16.6 Å². The molecule has 1 aliphatic heterocycles. The summed E-state index contributed by atoms with van der Waals surface area (Å²) in [6.07, 6.45) is 0. The maximum absolute atomic E-state index is 13.2. The minimum Gasteiger partial charge on any atom is -0.457 e. The molecule has 0 bridgehead atoms. The number of ether oxygens (including phenoxy) is 1. The van der Waals surface area contributed by atoms with E-state index in [1.54, 1.807) is 18.2 Å². The number of carbonyl (C=O) groups excluding carboxylic acids is 3. The number of nitrogens with zero attached hydrogens (tertiary/aromatic N) is 1. The molecule has 0 N–H and O–H groups in total. The van der Waals surface area contributed by atoms with Crippen LogP contribution >= 0.6 is 0 Å². The van der Waals surface area contributed by atoms with Gasteiger partial charge in [-0.3, -0.25) is 9.59 Å². The third-order valence-electron chi connectivity index (χ3n) is 4.05. The highest BCUT2D eigenvalue weighted by Crippen LogP contribution is 2.25. The largest absolute Gasteiger partial charge is 0.457 e. The molecule has 0 aromatic heterocycles. The minimum absolute atomic E-state index is 0.114. The van der Waals surface area contributed by atoms with Crippen LogP contribution in [0.4, 0.5) is 4.39 Å². The molecule has 6 nitrogen and oxygen atoms in total. The Morgan fingerprint density at radius 2 is 1.43 bits per heavy atom. The monoisotopic (exact) mass is 377 g/mol. The summed E-state index contributed by atoms with van der Waals surface area (Å²) in [5.41, 5.74) is 0.474. The van der Waals surface area contributed by atoms with E-state index in [9.17, 15) is 18.8 Å². The van der Waals surface area contributed by atoms with Crippen molar-refractivity contribution < 1.29 is 28.3 Å². The number of rotatable bonds is 4. The van der Waals surface area contributed by atoms with Gasteiger partial charge in [-0.2, -0.15) is 0 Å². The molecule has 1 aliphatic rings. The van der Waals surface area contributed by atoms with Crippen LogP contribution in [0.3, 0.4) is 0 Å². The smallest absolute Gasteiger partial charge is 0.363 e. The van der Waals surface area contributed by atoms with Gasteiger partial charge in [0.1, 0.15) is 17.3 Å². The maximum atomic E-state index is 13.2. The van der Waals surface area contributed by atoms with Gasteiger partial charge in [0.15, 0.2) is 0 Å². The van der Waals surface area contributed by atoms with E-state index >= 15 is 0 Å². The number of hydrogen-bond donors (Lipinski definition) is 0. The Hall–Kier alpha value is -4.00. The van der Waals surface area contributed by atoms with Gasteiger partial charge in [0, 0.05) is 6.07 Å². The van der Waals surface area contributed by atoms with Gasteiger partial charge in [-0.25, -0.2) is 9.18 Å². The van der Waals surface area contributed by atoms with Gasteiger partial charge >= 0.3 is 5.97 Å². The molecule has 3 aromatic carbocycles. The molecule has 0 saturated heterocycles. The lowest BCUT2D eigenvalue weighted by atomic mass is 10.1. The summed E-state index contributed by atoms with van der Waals surface area (Å²) in [6, 6.07) is 17.6. The van der Waals surface area contributed by atoms with Crippen molar-refractivity contribution in [3.8, 4) is 11.5 Å². The van der Waals surface area contributed by atoms with Gasteiger partial charge in [0.2, 0.25) is 0 Å². The summed E-state index contributed by atoms with van der Waals surface area (Å²) in [5, 5.41) is 0.449. The summed E-state index contributed by atoms with van der Waals surface area (Å²) >= 11 is 0. The third kappa shape index (κ3) is 3.21. The van der Waals surface area contributed by atoms with Gasteiger partial charge in [-0.15, -0.1) is 0 Å². The Morgan fingerprint density at radius 1 is 0.786 bits per heavy atom. The van der Waals surface area contributed by atoms with Crippen molar-refractivity contribution in [2.45, 2.75) is 0 Å². The van der Waals surface area contributed by atoms with E-state index in [-0.39, 0.29) is 16.7 Å².